The summed E-state index contributed by atoms with van der Waals surface area (Å²) in [6, 6.07) is 2.11. The third-order valence-electron chi connectivity index (χ3n) is 7.40. The number of halogens is 2. The van der Waals surface area contributed by atoms with Crippen molar-refractivity contribution in [2.45, 2.75) is 57.8 Å². The number of benzene rings is 1. The topological polar surface area (TPSA) is 100 Å². The lowest BCUT2D eigenvalue weighted by Gasteiger charge is -2.38. The van der Waals surface area contributed by atoms with E-state index < -0.39 is 34.7 Å². The lowest BCUT2D eigenvalue weighted by molar-refractivity contribution is -0.138. The number of aldehydes is 1. The minimum absolute atomic E-state index is 0.0973. The SMILES string of the molecule is CN[C@@](C)(C=O)CN[C@H](C(=O)N1CC[C@@H]2[C@H]1[C@@H](COc1ccc(F)c(F)c1)CN2C(=O)OC)C(C)(C)C. The molecule has 0 radical (unpaired) electrons. The van der Waals surface area contributed by atoms with Gasteiger partial charge in [0.05, 0.1) is 37.4 Å². The second kappa shape index (κ2) is 11.3. The van der Waals surface area contributed by atoms with Gasteiger partial charge in [0, 0.05) is 31.6 Å². The summed E-state index contributed by atoms with van der Waals surface area (Å²) in [5.41, 5.74) is -1.31. The van der Waals surface area contributed by atoms with Gasteiger partial charge >= 0.3 is 6.09 Å². The van der Waals surface area contributed by atoms with Gasteiger partial charge in [0.25, 0.3) is 0 Å². The van der Waals surface area contributed by atoms with Crippen molar-refractivity contribution in [2.75, 3.05) is 40.4 Å². The van der Waals surface area contributed by atoms with Crippen LogP contribution in [0.15, 0.2) is 18.2 Å². The molecule has 2 N–H and O–H groups in total. The van der Waals surface area contributed by atoms with Crippen LogP contribution in [0.5, 0.6) is 5.75 Å². The number of fused-ring (bicyclic) bond motifs is 1. The zero-order valence-corrected chi connectivity index (χ0v) is 22.3. The fraction of sp³-hybridized carbons (Fsp3) is 0.654. The largest absolute Gasteiger partial charge is 0.493 e. The van der Waals surface area contributed by atoms with E-state index in [1.54, 1.807) is 23.8 Å². The molecule has 9 nitrogen and oxygen atoms in total. The molecular weight excluding hydrogens is 486 g/mol. The number of nitrogens with one attached hydrogen (secondary N) is 2. The molecule has 5 atom stereocenters. The summed E-state index contributed by atoms with van der Waals surface area (Å²) in [5.74, 6) is -2.23. The second-order valence-electron chi connectivity index (χ2n) is 11.1. The number of ether oxygens (including phenoxy) is 2. The van der Waals surface area contributed by atoms with E-state index in [1.165, 1.54) is 13.2 Å². The molecule has 0 saturated carbocycles. The number of amides is 2. The zero-order valence-electron chi connectivity index (χ0n) is 22.3. The summed E-state index contributed by atoms with van der Waals surface area (Å²) < 4.78 is 37.8. The first-order chi connectivity index (χ1) is 17.3. The molecule has 1 aromatic carbocycles. The van der Waals surface area contributed by atoms with Crippen molar-refractivity contribution < 1.29 is 32.6 Å². The lowest BCUT2D eigenvalue weighted by Crippen LogP contribution is -2.60. The summed E-state index contributed by atoms with van der Waals surface area (Å²) in [4.78, 5) is 41.5. The summed E-state index contributed by atoms with van der Waals surface area (Å²) in [5, 5.41) is 6.26. The first-order valence-electron chi connectivity index (χ1n) is 12.5. The molecule has 2 aliphatic heterocycles. The Kier molecular flexibility index (Phi) is 8.79. The van der Waals surface area contributed by atoms with E-state index in [0.717, 1.165) is 18.4 Å². The number of carbonyl (C=O) groups excluding carboxylic acids is 3. The van der Waals surface area contributed by atoms with Crippen LogP contribution in [0.25, 0.3) is 0 Å². The number of methoxy groups -OCH3 is 1. The van der Waals surface area contributed by atoms with Crippen molar-refractivity contribution >= 4 is 18.3 Å². The molecule has 1 aromatic rings. The molecule has 0 aliphatic carbocycles. The Bertz CT molecular complexity index is 1000. The molecule has 0 bridgehead atoms. The fourth-order valence-electron chi connectivity index (χ4n) is 5.14. The number of likely N-dealkylation sites (N-methyl/N-ethyl adjacent to an activating group) is 1. The summed E-state index contributed by atoms with van der Waals surface area (Å²) >= 11 is 0. The van der Waals surface area contributed by atoms with Crippen LogP contribution in [0, 0.1) is 23.0 Å². The van der Waals surface area contributed by atoms with Gasteiger partial charge in [-0.3, -0.25) is 4.79 Å². The van der Waals surface area contributed by atoms with Crippen molar-refractivity contribution in [1.82, 2.24) is 20.4 Å². The van der Waals surface area contributed by atoms with Gasteiger partial charge in [-0.05, 0) is 37.9 Å². The third-order valence-corrected chi connectivity index (χ3v) is 7.40. The highest BCUT2D eigenvalue weighted by molar-refractivity contribution is 5.84. The standard InChI is InChI=1S/C26H38F2N4O5/c1-25(2,3)22(30-14-26(4,15-33)29-5)23(34)31-10-9-20-21(31)16(12-32(20)24(35)36-6)13-37-17-7-8-18(27)19(28)11-17/h7-8,11,15-16,20-22,29-30H,9-10,12-14H2,1-6H3/t16-,20-,21-,22-,26-/m1/s1. The molecule has 37 heavy (non-hydrogen) atoms. The van der Waals surface area contributed by atoms with Gasteiger partial charge in [-0.1, -0.05) is 20.8 Å². The van der Waals surface area contributed by atoms with Crippen LogP contribution >= 0.6 is 0 Å². The van der Waals surface area contributed by atoms with Crippen molar-refractivity contribution in [2.24, 2.45) is 11.3 Å². The summed E-state index contributed by atoms with van der Waals surface area (Å²) in [6.07, 6.45) is 0.903. The molecule has 2 heterocycles. The second-order valence-corrected chi connectivity index (χ2v) is 11.1. The molecule has 3 rings (SSSR count). The fourth-order valence-corrected chi connectivity index (χ4v) is 5.14. The molecule has 2 fully saturated rings. The van der Waals surface area contributed by atoms with Crippen LogP contribution < -0.4 is 15.4 Å². The van der Waals surface area contributed by atoms with Gasteiger partial charge < -0.3 is 34.7 Å². The maximum Gasteiger partial charge on any atom is 0.409 e. The molecule has 0 spiro atoms. The molecule has 2 saturated heterocycles. The van der Waals surface area contributed by atoms with E-state index in [9.17, 15) is 23.2 Å². The first-order valence-corrected chi connectivity index (χ1v) is 12.5. The zero-order chi connectivity index (χ0) is 27.5. The van der Waals surface area contributed by atoms with Crippen LogP contribution in [0.1, 0.15) is 34.1 Å². The van der Waals surface area contributed by atoms with E-state index in [1.807, 2.05) is 20.8 Å². The highest BCUT2D eigenvalue weighted by Gasteiger charge is 2.53. The Labute approximate surface area is 216 Å². The average molecular weight is 525 g/mol. The first kappa shape index (κ1) is 28.8. The van der Waals surface area contributed by atoms with Gasteiger partial charge in [-0.25, -0.2) is 13.6 Å². The van der Waals surface area contributed by atoms with Crippen molar-refractivity contribution in [3.63, 3.8) is 0 Å². The van der Waals surface area contributed by atoms with E-state index in [-0.39, 0.29) is 42.8 Å². The van der Waals surface area contributed by atoms with Crippen LogP contribution in [-0.2, 0) is 14.3 Å². The smallest absolute Gasteiger partial charge is 0.409 e. The van der Waals surface area contributed by atoms with Crippen LogP contribution in [0.3, 0.4) is 0 Å². The van der Waals surface area contributed by atoms with E-state index >= 15 is 0 Å². The van der Waals surface area contributed by atoms with Gasteiger partial charge in [-0.2, -0.15) is 0 Å². The van der Waals surface area contributed by atoms with Crippen molar-refractivity contribution in [3.8, 4) is 5.75 Å². The van der Waals surface area contributed by atoms with Crippen LogP contribution in [0.2, 0.25) is 0 Å². The van der Waals surface area contributed by atoms with E-state index in [2.05, 4.69) is 10.6 Å². The normalized spacial score (nSPS) is 23.8. The number of nitrogens with zero attached hydrogens (tertiary/aromatic N) is 2. The maximum absolute atomic E-state index is 14.0. The minimum atomic E-state index is -1.02. The van der Waals surface area contributed by atoms with E-state index in [4.69, 9.17) is 9.47 Å². The Morgan fingerprint density at radius 3 is 2.46 bits per heavy atom. The number of carbonyl (C=O) groups is 3. The van der Waals surface area contributed by atoms with Gasteiger partial charge in [0.2, 0.25) is 5.91 Å². The van der Waals surface area contributed by atoms with E-state index in [0.29, 0.717) is 19.5 Å². The van der Waals surface area contributed by atoms with Gasteiger partial charge in [0.1, 0.15) is 12.0 Å². The molecule has 2 aliphatic rings. The molecule has 206 valence electrons. The van der Waals surface area contributed by atoms with Crippen molar-refractivity contribution in [1.29, 1.82) is 0 Å². The monoisotopic (exact) mass is 524 g/mol. The third kappa shape index (κ3) is 6.20. The number of hydrogen-bond acceptors (Lipinski definition) is 7. The molecule has 0 unspecified atom stereocenters. The van der Waals surface area contributed by atoms with Crippen LogP contribution in [-0.4, -0.2) is 92.1 Å². The minimum Gasteiger partial charge on any atom is -0.493 e. The molecular formula is C26H38F2N4O5. The molecule has 0 aromatic heterocycles. The maximum atomic E-state index is 14.0. The quantitative estimate of drug-likeness (QED) is 0.478. The Hall–Kier alpha value is -2.79. The molecule has 11 heteroatoms. The average Bonchev–Trinajstić information content (AvgIpc) is 3.44. The molecule has 2 amide bonds. The predicted octanol–water partition coefficient (Wildman–Crippen LogP) is 2.19. The van der Waals surface area contributed by atoms with Crippen molar-refractivity contribution in [3.05, 3.63) is 29.8 Å². The highest BCUT2D eigenvalue weighted by Crippen LogP contribution is 2.38. The predicted molar refractivity (Wildman–Crippen MR) is 133 cm³/mol. The Morgan fingerprint density at radius 1 is 1.19 bits per heavy atom. The highest BCUT2D eigenvalue weighted by atomic mass is 19.2. The number of likely N-dealkylation sites (tertiary alicyclic amines) is 2. The van der Waals surface area contributed by atoms with Gasteiger partial charge in [-0.15, -0.1) is 0 Å². The Balaban J connectivity index is 1.84. The van der Waals surface area contributed by atoms with Crippen LogP contribution in [0.4, 0.5) is 13.6 Å². The summed E-state index contributed by atoms with van der Waals surface area (Å²) in [7, 11) is 3.00. The van der Waals surface area contributed by atoms with Gasteiger partial charge in [0.15, 0.2) is 11.6 Å². The number of hydrogen-bond donors (Lipinski definition) is 2. The summed E-state index contributed by atoms with van der Waals surface area (Å²) in [6.45, 7) is 8.69. The Morgan fingerprint density at radius 2 is 1.89 bits per heavy atom. The lowest BCUT2D eigenvalue weighted by atomic mass is 9.84. The number of rotatable bonds is 9.